The summed E-state index contributed by atoms with van der Waals surface area (Å²) in [6.07, 6.45) is 9.66. The van der Waals surface area contributed by atoms with E-state index in [1.165, 1.54) is 50.5 Å². The number of hydrogen-bond acceptors (Lipinski definition) is 1. The van der Waals surface area contributed by atoms with E-state index >= 15 is 0 Å². The molecule has 1 heteroatoms. The zero-order valence-electron chi connectivity index (χ0n) is 13.3. The Balaban J connectivity index is 1.84. The molecule has 1 fully saturated rings. The van der Waals surface area contributed by atoms with Crippen molar-refractivity contribution in [2.24, 2.45) is 11.8 Å². The largest absolute Gasteiger partial charge is 0.314 e. The highest BCUT2D eigenvalue weighted by atomic mass is 14.9. The zero-order valence-corrected chi connectivity index (χ0v) is 13.3. The number of benzene rings is 1. The van der Waals surface area contributed by atoms with E-state index in [2.05, 4.69) is 49.5 Å². The Hall–Kier alpha value is -0.820. The van der Waals surface area contributed by atoms with Gasteiger partial charge in [0.1, 0.15) is 0 Å². The van der Waals surface area contributed by atoms with Crippen molar-refractivity contribution in [2.75, 3.05) is 6.54 Å². The predicted octanol–water partition coefficient (Wildman–Crippen LogP) is 4.81. The van der Waals surface area contributed by atoms with Gasteiger partial charge in [0.15, 0.2) is 0 Å². The molecule has 2 rings (SSSR count). The van der Waals surface area contributed by atoms with Gasteiger partial charge in [0.25, 0.3) is 0 Å². The molecule has 0 bridgehead atoms. The molecule has 1 aliphatic carbocycles. The molecule has 1 aromatic carbocycles. The maximum Gasteiger partial charge on any atom is 0.00983 e. The fourth-order valence-electron chi connectivity index (χ4n) is 3.73. The minimum Gasteiger partial charge on any atom is -0.314 e. The van der Waals surface area contributed by atoms with Crippen LogP contribution in [0, 0.1) is 11.8 Å². The van der Waals surface area contributed by atoms with Gasteiger partial charge in [-0.05, 0) is 49.6 Å². The van der Waals surface area contributed by atoms with Gasteiger partial charge in [0.2, 0.25) is 0 Å². The van der Waals surface area contributed by atoms with Crippen LogP contribution in [-0.4, -0.2) is 12.6 Å². The smallest absolute Gasteiger partial charge is 0.00983 e. The van der Waals surface area contributed by atoms with Crippen molar-refractivity contribution in [1.82, 2.24) is 5.32 Å². The molecule has 1 aromatic rings. The van der Waals surface area contributed by atoms with Gasteiger partial charge in [-0.25, -0.2) is 0 Å². The lowest BCUT2D eigenvalue weighted by atomic mass is 9.76. The fraction of sp³-hybridized carbons (Fsp3) is 0.684. The highest BCUT2D eigenvalue weighted by Gasteiger charge is 2.26. The summed E-state index contributed by atoms with van der Waals surface area (Å²) in [5.74, 6) is 1.91. The minimum absolute atomic E-state index is 0.720. The van der Waals surface area contributed by atoms with Crippen molar-refractivity contribution >= 4 is 0 Å². The van der Waals surface area contributed by atoms with Gasteiger partial charge in [0, 0.05) is 6.04 Å². The van der Waals surface area contributed by atoms with Crippen molar-refractivity contribution in [3.05, 3.63) is 35.9 Å². The Kier molecular flexibility index (Phi) is 6.59. The van der Waals surface area contributed by atoms with E-state index in [0.717, 1.165) is 24.4 Å². The van der Waals surface area contributed by atoms with E-state index < -0.39 is 0 Å². The first kappa shape index (κ1) is 15.6. The Morgan fingerprint density at radius 2 is 1.75 bits per heavy atom. The Morgan fingerprint density at radius 1 is 1.05 bits per heavy atom. The van der Waals surface area contributed by atoms with Crippen LogP contribution in [-0.2, 0) is 6.42 Å². The molecule has 0 radical (unpaired) electrons. The highest BCUT2D eigenvalue weighted by molar-refractivity contribution is 5.14. The SMILES string of the molecule is CCNC(CCc1ccccc1)C1CCC(CC)CC1. The molecule has 0 heterocycles. The molecule has 0 amide bonds. The quantitative estimate of drug-likeness (QED) is 0.751. The van der Waals surface area contributed by atoms with Crippen molar-refractivity contribution in [3.8, 4) is 0 Å². The molecule has 1 aliphatic rings. The van der Waals surface area contributed by atoms with E-state index in [1.54, 1.807) is 0 Å². The molecule has 1 unspecified atom stereocenters. The topological polar surface area (TPSA) is 12.0 Å². The monoisotopic (exact) mass is 273 g/mol. The summed E-state index contributed by atoms with van der Waals surface area (Å²) >= 11 is 0. The van der Waals surface area contributed by atoms with E-state index in [0.29, 0.717) is 0 Å². The minimum atomic E-state index is 0.720. The van der Waals surface area contributed by atoms with Crippen LogP contribution < -0.4 is 5.32 Å². The Morgan fingerprint density at radius 3 is 2.35 bits per heavy atom. The van der Waals surface area contributed by atoms with E-state index in [9.17, 15) is 0 Å². The fourth-order valence-corrected chi connectivity index (χ4v) is 3.73. The van der Waals surface area contributed by atoms with Crippen LogP contribution in [0.4, 0.5) is 0 Å². The summed E-state index contributed by atoms with van der Waals surface area (Å²) in [5, 5.41) is 3.76. The molecule has 1 N–H and O–H groups in total. The molecule has 1 nitrogen and oxygen atoms in total. The summed E-state index contributed by atoms with van der Waals surface area (Å²) in [6.45, 7) is 5.70. The summed E-state index contributed by atoms with van der Waals surface area (Å²) in [5.41, 5.74) is 1.48. The molecule has 0 saturated heterocycles. The van der Waals surface area contributed by atoms with Crippen LogP contribution in [0.3, 0.4) is 0 Å². The molecule has 112 valence electrons. The van der Waals surface area contributed by atoms with Gasteiger partial charge in [-0.3, -0.25) is 0 Å². The molecule has 0 aromatic heterocycles. The number of rotatable bonds is 7. The van der Waals surface area contributed by atoms with Gasteiger partial charge < -0.3 is 5.32 Å². The number of aryl methyl sites for hydroxylation is 1. The second-order valence-electron chi connectivity index (χ2n) is 6.38. The first-order chi connectivity index (χ1) is 9.83. The third-order valence-electron chi connectivity index (χ3n) is 5.09. The molecular formula is C19H31N. The highest BCUT2D eigenvalue weighted by Crippen LogP contribution is 2.33. The second kappa shape index (κ2) is 8.46. The van der Waals surface area contributed by atoms with Gasteiger partial charge in [0.05, 0.1) is 0 Å². The molecule has 0 spiro atoms. The number of hydrogen-bond donors (Lipinski definition) is 1. The third kappa shape index (κ3) is 4.63. The van der Waals surface area contributed by atoms with Crippen LogP contribution >= 0.6 is 0 Å². The van der Waals surface area contributed by atoms with Gasteiger partial charge in [-0.15, -0.1) is 0 Å². The Labute approximate surface area is 125 Å². The summed E-state index contributed by atoms with van der Waals surface area (Å²) in [7, 11) is 0. The zero-order chi connectivity index (χ0) is 14.2. The van der Waals surface area contributed by atoms with E-state index in [-0.39, 0.29) is 0 Å². The molecular weight excluding hydrogens is 242 g/mol. The summed E-state index contributed by atoms with van der Waals surface area (Å²) in [6, 6.07) is 11.7. The molecule has 1 saturated carbocycles. The van der Waals surface area contributed by atoms with Crippen LogP contribution in [0.25, 0.3) is 0 Å². The first-order valence-corrected chi connectivity index (χ1v) is 8.60. The van der Waals surface area contributed by atoms with Crippen LogP contribution in [0.2, 0.25) is 0 Å². The number of nitrogens with one attached hydrogen (secondary N) is 1. The van der Waals surface area contributed by atoms with Crippen molar-refractivity contribution < 1.29 is 0 Å². The third-order valence-corrected chi connectivity index (χ3v) is 5.09. The van der Waals surface area contributed by atoms with Crippen molar-refractivity contribution in [2.45, 2.75) is 64.8 Å². The molecule has 20 heavy (non-hydrogen) atoms. The summed E-state index contributed by atoms with van der Waals surface area (Å²) < 4.78 is 0. The van der Waals surface area contributed by atoms with Crippen LogP contribution in [0.15, 0.2) is 30.3 Å². The predicted molar refractivity (Wildman–Crippen MR) is 88.0 cm³/mol. The standard InChI is InChI=1S/C19H31N/c1-3-16-10-13-18(14-11-16)19(20-4-2)15-12-17-8-6-5-7-9-17/h5-9,16,18-20H,3-4,10-15H2,1-2H3. The van der Waals surface area contributed by atoms with E-state index in [4.69, 9.17) is 0 Å². The lowest BCUT2D eigenvalue weighted by molar-refractivity contribution is 0.212. The van der Waals surface area contributed by atoms with Gasteiger partial charge in [-0.1, -0.05) is 63.4 Å². The van der Waals surface area contributed by atoms with Crippen molar-refractivity contribution in [3.63, 3.8) is 0 Å². The second-order valence-corrected chi connectivity index (χ2v) is 6.38. The Bertz CT molecular complexity index is 351. The molecule has 1 atom stereocenters. The normalized spacial score (nSPS) is 24.5. The van der Waals surface area contributed by atoms with Crippen molar-refractivity contribution in [1.29, 1.82) is 0 Å². The summed E-state index contributed by atoms with van der Waals surface area (Å²) in [4.78, 5) is 0. The van der Waals surface area contributed by atoms with Crippen LogP contribution in [0.1, 0.15) is 57.9 Å². The van der Waals surface area contributed by atoms with Crippen LogP contribution in [0.5, 0.6) is 0 Å². The molecule has 0 aliphatic heterocycles. The first-order valence-electron chi connectivity index (χ1n) is 8.60. The maximum atomic E-state index is 3.76. The lowest BCUT2D eigenvalue weighted by Gasteiger charge is -2.34. The maximum absolute atomic E-state index is 3.76. The van der Waals surface area contributed by atoms with Gasteiger partial charge in [-0.2, -0.15) is 0 Å². The van der Waals surface area contributed by atoms with Gasteiger partial charge >= 0.3 is 0 Å². The lowest BCUT2D eigenvalue weighted by Crippen LogP contribution is -2.38. The average Bonchev–Trinajstić information content (AvgIpc) is 2.52. The van der Waals surface area contributed by atoms with E-state index in [1.807, 2.05) is 0 Å². The average molecular weight is 273 g/mol.